The third-order valence-electron chi connectivity index (χ3n) is 4.74. The van der Waals surface area contributed by atoms with Crippen molar-refractivity contribution in [3.63, 3.8) is 0 Å². The minimum atomic E-state index is 0.562. The number of hydrogen-bond acceptors (Lipinski definition) is 1. The molecule has 23 heavy (non-hydrogen) atoms. The molecule has 0 fully saturated rings. The highest BCUT2D eigenvalue weighted by Crippen LogP contribution is 2.20. The van der Waals surface area contributed by atoms with Gasteiger partial charge in [0.25, 0.3) is 0 Å². The van der Waals surface area contributed by atoms with E-state index in [9.17, 15) is 0 Å². The lowest BCUT2D eigenvalue weighted by molar-refractivity contribution is 0.485. The van der Waals surface area contributed by atoms with Crippen LogP contribution in [0.25, 0.3) is 5.57 Å². The van der Waals surface area contributed by atoms with Crippen molar-refractivity contribution in [2.75, 3.05) is 7.05 Å². The van der Waals surface area contributed by atoms with E-state index in [0.717, 1.165) is 6.42 Å². The molecule has 1 aromatic rings. The first-order chi connectivity index (χ1) is 11.3. The number of nitrogens with one attached hydrogen (secondary N) is 1. The first-order valence-corrected chi connectivity index (χ1v) is 9.68. The van der Waals surface area contributed by atoms with Crippen LogP contribution in [0.1, 0.15) is 83.1 Å². The second kappa shape index (κ2) is 13.4. The average molecular weight is 316 g/mol. The molecule has 0 aromatic heterocycles. The molecule has 0 aliphatic carbocycles. The molecular weight excluding hydrogens is 278 g/mol. The van der Waals surface area contributed by atoms with Gasteiger partial charge < -0.3 is 5.32 Å². The lowest BCUT2D eigenvalue weighted by Gasteiger charge is -2.17. The van der Waals surface area contributed by atoms with Crippen LogP contribution in [0.5, 0.6) is 0 Å². The number of benzene rings is 1. The van der Waals surface area contributed by atoms with Gasteiger partial charge in [-0.25, -0.2) is 0 Å². The maximum absolute atomic E-state index is 4.27. The van der Waals surface area contributed by atoms with Gasteiger partial charge in [-0.1, -0.05) is 102 Å². The SMILES string of the molecule is C=C(CC(CCCCCCCCCCC)NC)c1ccccc1. The Morgan fingerprint density at radius 3 is 2.04 bits per heavy atom. The smallest absolute Gasteiger partial charge is 0.0104 e. The molecule has 1 aromatic carbocycles. The standard InChI is InChI=1S/C22H37N/c1-4-5-6-7-8-9-10-11-15-18-22(23-3)19-20(2)21-16-13-12-14-17-21/h12-14,16-17,22-23H,2,4-11,15,18-19H2,1,3H3. The molecule has 0 radical (unpaired) electrons. The van der Waals surface area contributed by atoms with Gasteiger partial charge in [0.05, 0.1) is 0 Å². The Labute approximate surface area is 144 Å². The summed E-state index contributed by atoms with van der Waals surface area (Å²) in [4.78, 5) is 0. The molecule has 0 heterocycles. The Bertz CT molecular complexity index is 396. The molecule has 1 rings (SSSR count). The van der Waals surface area contributed by atoms with Gasteiger partial charge in [-0.3, -0.25) is 0 Å². The highest BCUT2D eigenvalue weighted by Gasteiger charge is 2.09. The zero-order valence-electron chi connectivity index (χ0n) is 15.4. The summed E-state index contributed by atoms with van der Waals surface area (Å²) in [6.45, 7) is 6.55. The van der Waals surface area contributed by atoms with Crippen molar-refractivity contribution in [2.45, 2.75) is 83.6 Å². The third-order valence-corrected chi connectivity index (χ3v) is 4.74. The van der Waals surface area contributed by atoms with Crippen molar-refractivity contribution in [2.24, 2.45) is 0 Å². The van der Waals surface area contributed by atoms with Crippen molar-refractivity contribution < 1.29 is 0 Å². The van der Waals surface area contributed by atoms with Gasteiger partial charge >= 0.3 is 0 Å². The molecule has 0 bridgehead atoms. The minimum Gasteiger partial charge on any atom is -0.317 e. The fourth-order valence-corrected chi connectivity index (χ4v) is 3.14. The molecule has 0 amide bonds. The molecule has 0 aliphatic rings. The van der Waals surface area contributed by atoms with Crippen LogP contribution in [0.3, 0.4) is 0 Å². The van der Waals surface area contributed by atoms with E-state index in [1.54, 1.807) is 0 Å². The van der Waals surface area contributed by atoms with E-state index in [2.05, 4.69) is 56.2 Å². The van der Waals surface area contributed by atoms with Crippen molar-refractivity contribution in [3.8, 4) is 0 Å². The van der Waals surface area contributed by atoms with E-state index in [1.165, 1.54) is 75.3 Å². The van der Waals surface area contributed by atoms with Crippen molar-refractivity contribution in [1.82, 2.24) is 5.32 Å². The van der Waals surface area contributed by atoms with E-state index < -0.39 is 0 Å². The lowest BCUT2D eigenvalue weighted by atomic mass is 9.96. The fraction of sp³-hybridized carbons (Fsp3) is 0.636. The van der Waals surface area contributed by atoms with Gasteiger partial charge in [0.15, 0.2) is 0 Å². The Kier molecular flexibility index (Phi) is 11.6. The van der Waals surface area contributed by atoms with E-state index in [0.29, 0.717) is 6.04 Å². The van der Waals surface area contributed by atoms with Crippen LogP contribution in [0.15, 0.2) is 36.9 Å². The maximum atomic E-state index is 4.27. The summed E-state index contributed by atoms with van der Waals surface area (Å²) in [6.07, 6.45) is 14.9. The van der Waals surface area contributed by atoms with Crippen molar-refractivity contribution in [1.29, 1.82) is 0 Å². The highest BCUT2D eigenvalue weighted by molar-refractivity contribution is 5.63. The van der Waals surface area contributed by atoms with Gasteiger partial charge in [-0.15, -0.1) is 0 Å². The van der Waals surface area contributed by atoms with Crippen LogP contribution in [0.2, 0.25) is 0 Å². The molecule has 0 aliphatic heterocycles. The number of unbranched alkanes of at least 4 members (excludes halogenated alkanes) is 8. The van der Waals surface area contributed by atoms with Gasteiger partial charge in [0.2, 0.25) is 0 Å². The summed E-state index contributed by atoms with van der Waals surface area (Å²) >= 11 is 0. The predicted molar refractivity (Wildman–Crippen MR) is 105 cm³/mol. The predicted octanol–water partition coefficient (Wildman–Crippen LogP) is 6.60. The first kappa shape index (κ1) is 20.0. The molecular formula is C22H37N. The van der Waals surface area contributed by atoms with Gasteiger partial charge in [0, 0.05) is 6.04 Å². The Hall–Kier alpha value is -1.08. The summed E-state index contributed by atoms with van der Waals surface area (Å²) in [6, 6.07) is 11.1. The molecule has 0 saturated heterocycles. The largest absolute Gasteiger partial charge is 0.317 e. The van der Waals surface area contributed by atoms with Crippen LogP contribution in [-0.2, 0) is 0 Å². The number of rotatable bonds is 14. The summed E-state index contributed by atoms with van der Waals surface area (Å²) in [5.74, 6) is 0. The van der Waals surface area contributed by atoms with Crippen LogP contribution < -0.4 is 5.32 Å². The topological polar surface area (TPSA) is 12.0 Å². The lowest BCUT2D eigenvalue weighted by Crippen LogP contribution is -2.25. The summed E-state index contributed by atoms with van der Waals surface area (Å²) in [5, 5.41) is 3.47. The quantitative estimate of drug-likeness (QED) is 0.381. The third kappa shape index (κ3) is 9.61. The second-order valence-corrected chi connectivity index (χ2v) is 6.78. The normalized spacial score (nSPS) is 12.3. The Morgan fingerprint density at radius 1 is 0.913 bits per heavy atom. The van der Waals surface area contributed by atoms with Gasteiger partial charge in [0.1, 0.15) is 0 Å². The van der Waals surface area contributed by atoms with E-state index in [4.69, 9.17) is 0 Å². The fourth-order valence-electron chi connectivity index (χ4n) is 3.14. The molecule has 1 unspecified atom stereocenters. The molecule has 1 nitrogen and oxygen atoms in total. The van der Waals surface area contributed by atoms with E-state index in [1.807, 2.05) is 0 Å². The van der Waals surface area contributed by atoms with E-state index >= 15 is 0 Å². The molecule has 0 saturated carbocycles. The van der Waals surface area contributed by atoms with Gasteiger partial charge in [-0.05, 0) is 31.0 Å². The van der Waals surface area contributed by atoms with Crippen LogP contribution in [0, 0.1) is 0 Å². The summed E-state index contributed by atoms with van der Waals surface area (Å²) in [7, 11) is 2.08. The van der Waals surface area contributed by atoms with Crippen LogP contribution >= 0.6 is 0 Å². The average Bonchev–Trinajstić information content (AvgIpc) is 2.59. The highest BCUT2D eigenvalue weighted by atomic mass is 14.9. The zero-order valence-corrected chi connectivity index (χ0v) is 15.4. The monoisotopic (exact) mass is 315 g/mol. The van der Waals surface area contributed by atoms with Crippen molar-refractivity contribution >= 4 is 5.57 Å². The van der Waals surface area contributed by atoms with E-state index in [-0.39, 0.29) is 0 Å². The summed E-state index contributed by atoms with van der Waals surface area (Å²) < 4.78 is 0. The molecule has 130 valence electrons. The molecule has 1 N–H and O–H groups in total. The van der Waals surface area contributed by atoms with Gasteiger partial charge in [-0.2, -0.15) is 0 Å². The van der Waals surface area contributed by atoms with Crippen molar-refractivity contribution in [3.05, 3.63) is 42.5 Å². The molecule has 1 heteroatoms. The Balaban J connectivity index is 2.09. The second-order valence-electron chi connectivity index (χ2n) is 6.78. The molecule has 1 atom stereocenters. The first-order valence-electron chi connectivity index (χ1n) is 9.68. The zero-order chi connectivity index (χ0) is 16.8. The minimum absolute atomic E-state index is 0.562. The molecule has 0 spiro atoms. The number of hydrogen-bond donors (Lipinski definition) is 1. The van der Waals surface area contributed by atoms with Crippen LogP contribution in [-0.4, -0.2) is 13.1 Å². The summed E-state index contributed by atoms with van der Waals surface area (Å²) in [5.41, 5.74) is 2.53. The maximum Gasteiger partial charge on any atom is 0.0104 e. The van der Waals surface area contributed by atoms with Crippen LogP contribution in [0.4, 0.5) is 0 Å². The Morgan fingerprint density at radius 2 is 1.48 bits per heavy atom.